The largest absolute Gasteiger partial charge is 0.493 e. The molecular formula is C18H19BrO2. The molecule has 2 aromatic carbocycles. The molecule has 0 radical (unpaired) electrons. The van der Waals surface area contributed by atoms with E-state index in [0.717, 1.165) is 34.4 Å². The Labute approximate surface area is 133 Å². The Bertz CT molecular complexity index is 635. The van der Waals surface area contributed by atoms with Gasteiger partial charge in [0.1, 0.15) is 5.75 Å². The second-order valence-corrected chi connectivity index (χ2v) is 6.90. The molecule has 1 unspecified atom stereocenters. The van der Waals surface area contributed by atoms with Crippen LogP contribution in [0.25, 0.3) is 0 Å². The summed E-state index contributed by atoms with van der Waals surface area (Å²) in [6, 6.07) is 14.3. The predicted molar refractivity (Wildman–Crippen MR) is 87.8 cm³/mol. The monoisotopic (exact) mass is 346 g/mol. The molecule has 2 aromatic rings. The molecular weight excluding hydrogens is 328 g/mol. The summed E-state index contributed by atoms with van der Waals surface area (Å²) < 4.78 is 6.80. The number of benzene rings is 2. The Morgan fingerprint density at radius 1 is 1.19 bits per heavy atom. The summed E-state index contributed by atoms with van der Waals surface area (Å²) in [5.41, 5.74) is 2.67. The molecule has 3 heteroatoms. The average molecular weight is 347 g/mol. The van der Waals surface area contributed by atoms with Gasteiger partial charge in [-0.2, -0.15) is 0 Å². The highest BCUT2D eigenvalue weighted by atomic mass is 79.9. The van der Waals surface area contributed by atoms with Crippen molar-refractivity contribution in [3.63, 3.8) is 0 Å². The van der Waals surface area contributed by atoms with Crippen molar-refractivity contribution in [2.24, 2.45) is 0 Å². The van der Waals surface area contributed by atoms with E-state index < -0.39 is 5.60 Å². The van der Waals surface area contributed by atoms with Crippen LogP contribution in [0, 0.1) is 0 Å². The normalized spacial score (nSPS) is 16.1. The Morgan fingerprint density at radius 2 is 1.95 bits per heavy atom. The first-order valence-corrected chi connectivity index (χ1v) is 8.03. The van der Waals surface area contributed by atoms with Crippen LogP contribution in [0.15, 0.2) is 46.9 Å². The first-order valence-electron chi connectivity index (χ1n) is 7.24. The number of halogens is 1. The van der Waals surface area contributed by atoms with Crippen LogP contribution in [-0.2, 0) is 19.3 Å². The third-order valence-corrected chi connectivity index (χ3v) is 4.28. The minimum Gasteiger partial charge on any atom is -0.493 e. The highest BCUT2D eigenvalue weighted by Crippen LogP contribution is 2.35. The van der Waals surface area contributed by atoms with Crippen molar-refractivity contribution in [1.82, 2.24) is 0 Å². The number of hydrogen-bond acceptors (Lipinski definition) is 2. The second kappa shape index (κ2) is 5.82. The van der Waals surface area contributed by atoms with Crippen LogP contribution in [0.1, 0.15) is 23.6 Å². The van der Waals surface area contributed by atoms with Crippen LogP contribution >= 0.6 is 15.9 Å². The smallest absolute Gasteiger partial charge is 0.125 e. The topological polar surface area (TPSA) is 29.5 Å². The third-order valence-electron chi connectivity index (χ3n) is 3.82. The van der Waals surface area contributed by atoms with Gasteiger partial charge >= 0.3 is 0 Å². The zero-order valence-electron chi connectivity index (χ0n) is 12.1. The van der Waals surface area contributed by atoms with Crippen LogP contribution in [0.3, 0.4) is 0 Å². The zero-order valence-corrected chi connectivity index (χ0v) is 13.7. The van der Waals surface area contributed by atoms with E-state index in [1.54, 1.807) is 0 Å². The molecule has 0 spiro atoms. The molecule has 1 N–H and O–H groups in total. The van der Waals surface area contributed by atoms with Gasteiger partial charge in [0.05, 0.1) is 12.2 Å². The Kier molecular flexibility index (Phi) is 4.05. The highest BCUT2D eigenvalue weighted by molar-refractivity contribution is 9.10. The van der Waals surface area contributed by atoms with Crippen LogP contribution in [0.5, 0.6) is 5.75 Å². The molecule has 1 aliphatic rings. The summed E-state index contributed by atoms with van der Waals surface area (Å²) in [6.45, 7) is 2.63. The van der Waals surface area contributed by atoms with Crippen LogP contribution in [-0.4, -0.2) is 17.3 Å². The molecule has 0 amide bonds. The van der Waals surface area contributed by atoms with Crippen molar-refractivity contribution in [3.05, 3.63) is 63.6 Å². The molecule has 2 nitrogen and oxygen atoms in total. The molecule has 1 heterocycles. The first-order chi connectivity index (χ1) is 10.0. The van der Waals surface area contributed by atoms with Gasteiger partial charge in [-0.05, 0) is 35.7 Å². The van der Waals surface area contributed by atoms with E-state index >= 15 is 0 Å². The van der Waals surface area contributed by atoms with E-state index in [0.29, 0.717) is 12.8 Å². The molecule has 1 atom stereocenters. The summed E-state index contributed by atoms with van der Waals surface area (Å²) in [5.74, 6) is 0.964. The van der Waals surface area contributed by atoms with E-state index in [9.17, 15) is 5.11 Å². The van der Waals surface area contributed by atoms with Gasteiger partial charge in [-0.1, -0.05) is 46.3 Å². The molecule has 110 valence electrons. The van der Waals surface area contributed by atoms with E-state index in [1.807, 2.05) is 25.1 Å². The van der Waals surface area contributed by atoms with Gasteiger partial charge in [0, 0.05) is 23.7 Å². The molecule has 21 heavy (non-hydrogen) atoms. The van der Waals surface area contributed by atoms with E-state index in [2.05, 4.69) is 40.2 Å². The maximum atomic E-state index is 10.8. The first kappa shape index (κ1) is 14.6. The van der Waals surface area contributed by atoms with Crippen molar-refractivity contribution in [1.29, 1.82) is 0 Å². The summed E-state index contributed by atoms with van der Waals surface area (Å²) >= 11 is 3.55. The third kappa shape index (κ3) is 3.47. The minimum absolute atomic E-state index is 0.587. The fourth-order valence-electron chi connectivity index (χ4n) is 2.99. The number of hydrogen-bond donors (Lipinski definition) is 1. The summed E-state index contributed by atoms with van der Waals surface area (Å²) in [5, 5.41) is 10.8. The highest BCUT2D eigenvalue weighted by Gasteiger charge is 2.26. The molecule has 0 saturated carbocycles. The van der Waals surface area contributed by atoms with Gasteiger partial charge in [-0.3, -0.25) is 0 Å². The lowest BCUT2D eigenvalue weighted by molar-refractivity contribution is 0.0601. The molecule has 0 bridgehead atoms. The van der Waals surface area contributed by atoms with Crippen molar-refractivity contribution in [2.45, 2.75) is 31.8 Å². The Balaban J connectivity index is 1.83. The number of ether oxygens (including phenoxy) is 1. The molecule has 1 aliphatic heterocycles. The van der Waals surface area contributed by atoms with Gasteiger partial charge < -0.3 is 9.84 Å². The molecule has 0 aliphatic carbocycles. The second-order valence-electron chi connectivity index (χ2n) is 5.99. The fourth-order valence-corrected chi connectivity index (χ4v) is 3.54. The fraction of sp³-hybridized carbons (Fsp3) is 0.333. The van der Waals surface area contributed by atoms with Gasteiger partial charge in [-0.25, -0.2) is 0 Å². The average Bonchev–Trinajstić information content (AvgIpc) is 2.87. The van der Waals surface area contributed by atoms with Crippen LogP contribution in [0.4, 0.5) is 0 Å². The van der Waals surface area contributed by atoms with Crippen LogP contribution in [0.2, 0.25) is 0 Å². The number of rotatable bonds is 4. The molecule has 0 aromatic heterocycles. The van der Waals surface area contributed by atoms with Crippen molar-refractivity contribution in [3.8, 4) is 5.75 Å². The molecule has 3 rings (SSSR count). The lowest BCUT2D eigenvalue weighted by Gasteiger charge is -2.24. The predicted octanol–water partition coefficient (Wildman–Crippen LogP) is 3.92. The lowest BCUT2D eigenvalue weighted by Crippen LogP contribution is -2.30. The maximum absolute atomic E-state index is 10.8. The maximum Gasteiger partial charge on any atom is 0.125 e. The SMILES string of the molecule is CC(O)(Cc1ccccc1)Cc1cc(Br)cc2c1OCC2. The van der Waals surface area contributed by atoms with Gasteiger partial charge in [0.25, 0.3) is 0 Å². The van der Waals surface area contributed by atoms with Gasteiger partial charge in [-0.15, -0.1) is 0 Å². The van der Waals surface area contributed by atoms with E-state index in [1.165, 1.54) is 5.56 Å². The van der Waals surface area contributed by atoms with Crippen molar-refractivity contribution < 1.29 is 9.84 Å². The van der Waals surface area contributed by atoms with Crippen molar-refractivity contribution >= 4 is 15.9 Å². The summed E-state index contributed by atoms with van der Waals surface area (Å²) in [4.78, 5) is 0. The Morgan fingerprint density at radius 3 is 2.71 bits per heavy atom. The zero-order chi connectivity index (χ0) is 14.9. The molecule has 0 fully saturated rings. The number of aliphatic hydroxyl groups is 1. The minimum atomic E-state index is -0.790. The molecule has 0 saturated heterocycles. The Hall–Kier alpha value is -1.32. The van der Waals surface area contributed by atoms with Gasteiger partial charge in [0.15, 0.2) is 0 Å². The van der Waals surface area contributed by atoms with E-state index in [-0.39, 0.29) is 0 Å². The quantitative estimate of drug-likeness (QED) is 0.908. The van der Waals surface area contributed by atoms with Crippen LogP contribution < -0.4 is 4.74 Å². The van der Waals surface area contributed by atoms with Crippen molar-refractivity contribution in [2.75, 3.05) is 6.61 Å². The van der Waals surface area contributed by atoms with E-state index in [4.69, 9.17) is 4.74 Å². The summed E-state index contributed by atoms with van der Waals surface area (Å²) in [6.07, 6.45) is 2.17. The van der Waals surface area contributed by atoms with Gasteiger partial charge in [0.2, 0.25) is 0 Å². The standard InChI is InChI=1S/C18H19BrO2/c1-18(20,11-13-5-3-2-4-6-13)12-15-10-16(19)9-14-7-8-21-17(14)15/h2-6,9-10,20H,7-8,11-12H2,1H3. The number of fused-ring (bicyclic) bond motifs is 1. The summed E-state index contributed by atoms with van der Waals surface area (Å²) in [7, 11) is 0. The lowest BCUT2D eigenvalue weighted by atomic mass is 9.89.